The van der Waals surface area contributed by atoms with Crippen LogP contribution in [0.4, 0.5) is 4.39 Å². The van der Waals surface area contributed by atoms with Crippen LogP contribution in [0.1, 0.15) is 47.8 Å². The number of nitrogens with two attached hydrogens (primary N) is 1. The summed E-state index contributed by atoms with van der Waals surface area (Å²) >= 11 is 0. The summed E-state index contributed by atoms with van der Waals surface area (Å²) in [6.45, 7) is 6.57. The van der Waals surface area contributed by atoms with E-state index < -0.39 is 33.8 Å². The fourth-order valence-corrected chi connectivity index (χ4v) is 6.06. The maximum absolute atomic E-state index is 13.6. The fourth-order valence-electron chi connectivity index (χ4n) is 4.51. The van der Waals surface area contributed by atoms with Crippen LogP contribution in [0.25, 0.3) is 0 Å². The van der Waals surface area contributed by atoms with Crippen LogP contribution in [0.5, 0.6) is 0 Å². The Morgan fingerprint density at radius 2 is 1.62 bits per heavy atom. The van der Waals surface area contributed by atoms with Crippen molar-refractivity contribution in [3.8, 4) is 0 Å². The lowest BCUT2D eigenvalue weighted by Gasteiger charge is -2.29. The highest BCUT2D eigenvalue weighted by Gasteiger charge is 2.46. The lowest BCUT2D eigenvalue weighted by atomic mass is 9.86. The van der Waals surface area contributed by atoms with Crippen LogP contribution in [0.2, 0.25) is 0 Å². The molecule has 0 aromatic heterocycles. The van der Waals surface area contributed by atoms with E-state index in [9.17, 15) is 22.4 Å². The standard InChI is InChI=1S/C29H33FN4O4S/c1-29(2,3)23-9-7-22(8-10-23)28(36)33-15-16-34(39(37,38)25-13-11-24(30)12-14-25)27(33)26(35)32-19-21-6-4-5-20(17-21)18-31/h4-14,17,27H,15-16,18-19,31H2,1-3H3,(H,32,35). The second kappa shape index (κ2) is 11.3. The van der Waals surface area contributed by atoms with Crippen LogP contribution in [0, 0.1) is 5.82 Å². The third-order valence-corrected chi connectivity index (χ3v) is 8.60. The van der Waals surface area contributed by atoms with Gasteiger partial charge in [0, 0.05) is 31.7 Å². The molecule has 0 spiro atoms. The molecule has 10 heteroatoms. The summed E-state index contributed by atoms with van der Waals surface area (Å²) in [5.41, 5.74) is 8.66. The Kier molecular flexibility index (Phi) is 8.20. The van der Waals surface area contributed by atoms with E-state index in [1.807, 2.05) is 36.4 Å². The number of carbonyl (C=O) groups is 2. The third-order valence-electron chi connectivity index (χ3n) is 6.74. The normalized spacial score (nSPS) is 16.3. The van der Waals surface area contributed by atoms with Gasteiger partial charge in [-0.3, -0.25) is 9.59 Å². The van der Waals surface area contributed by atoms with Gasteiger partial charge in [0.05, 0.1) is 4.90 Å². The summed E-state index contributed by atoms with van der Waals surface area (Å²) in [5, 5.41) is 2.78. The fraction of sp³-hybridized carbons (Fsp3) is 0.310. The summed E-state index contributed by atoms with van der Waals surface area (Å²) in [5.74, 6) is -1.69. The molecule has 0 saturated carbocycles. The molecule has 3 aromatic carbocycles. The van der Waals surface area contributed by atoms with Crippen molar-refractivity contribution in [1.82, 2.24) is 14.5 Å². The van der Waals surface area contributed by atoms with Crippen molar-refractivity contribution in [2.24, 2.45) is 5.73 Å². The molecule has 0 bridgehead atoms. The lowest BCUT2D eigenvalue weighted by Crippen LogP contribution is -2.53. The Balaban J connectivity index is 1.65. The summed E-state index contributed by atoms with van der Waals surface area (Å²) in [7, 11) is -4.22. The van der Waals surface area contributed by atoms with E-state index in [-0.39, 0.29) is 29.9 Å². The number of nitrogens with one attached hydrogen (secondary N) is 1. The molecule has 1 heterocycles. The molecule has 3 aromatic rings. The molecule has 4 rings (SSSR count). The van der Waals surface area contributed by atoms with Gasteiger partial charge in [-0.15, -0.1) is 0 Å². The van der Waals surface area contributed by atoms with Gasteiger partial charge >= 0.3 is 0 Å². The number of hydrogen-bond donors (Lipinski definition) is 2. The average Bonchev–Trinajstić information content (AvgIpc) is 3.37. The second-order valence-corrected chi connectivity index (χ2v) is 12.4. The van der Waals surface area contributed by atoms with Crippen LogP contribution in [0.3, 0.4) is 0 Å². The number of hydrogen-bond acceptors (Lipinski definition) is 5. The molecule has 3 N–H and O–H groups in total. The molecule has 1 unspecified atom stereocenters. The van der Waals surface area contributed by atoms with Crippen molar-refractivity contribution in [2.45, 2.75) is 50.3 Å². The second-order valence-electron chi connectivity index (χ2n) is 10.5. The summed E-state index contributed by atoms with van der Waals surface area (Å²) < 4.78 is 41.6. The van der Waals surface area contributed by atoms with Gasteiger partial charge in [0.2, 0.25) is 10.0 Å². The SMILES string of the molecule is CC(C)(C)c1ccc(C(=O)N2CCN(S(=O)(=O)c3ccc(F)cc3)C2C(=O)NCc2cccc(CN)c2)cc1. The molecular weight excluding hydrogens is 519 g/mol. The van der Waals surface area contributed by atoms with Crippen LogP contribution in [0.15, 0.2) is 77.7 Å². The van der Waals surface area contributed by atoms with Crippen LogP contribution in [-0.2, 0) is 33.3 Å². The smallest absolute Gasteiger partial charge is 0.259 e. The zero-order chi connectivity index (χ0) is 28.4. The molecule has 1 aliphatic rings. The monoisotopic (exact) mass is 552 g/mol. The predicted octanol–water partition coefficient (Wildman–Crippen LogP) is 3.37. The lowest BCUT2D eigenvalue weighted by molar-refractivity contribution is -0.127. The van der Waals surface area contributed by atoms with E-state index in [4.69, 9.17) is 5.73 Å². The highest BCUT2D eigenvalue weighted by Crippen LogP contribution is 2.28. The first-order valence-corrected chi connectivity index (χ1v) is 14.1. The van der Waals surface area contributed by atoms with Crippen LogP contribution < -0.4 is 11.1 Å². The van der Waals surface area contributed by atoms with Gasteiger partial charge < -0.3 is 16.0 Å². The van der Waals surface area contributed by atoms with Gasteiger partial charge in [-0.25, -0.2) is 12.8 Å². The minimum Gasteiger partial charge on any atom is -0.349 e. The Morgan fingerprint density at radius 3 is 2.23 bits per heavy atom. The van der Waals surface area contributed by atoms with Gasteiger partial charge in [-0.05, 0) is 58.5 Å². The zero-order valence-corrected chi connectivity index (χ0v) is 23.0. The molecule has 0 radical (unpaired) electrons. The third kappa shape index (κ3) is 6.19. The van der Waals surface area contributed by atoms with Crippen LogP contribution in [-0.4, -0.2) is 48.7 Å². The quantitative estimate of drug-likeness (QED) is 0.467. The summed E-state index contributed by atoms with van der Waals surface area (Å²) in [6, 6.07) is 18.8. The molecule has 8 nitrogen and oxygen atoms in total. The van der Waals surface area contributed by atoms with E-state index in [2.05, 4.69) is 26.1 Å². The maximum Gasteiger partial charge on any atom is 0.259 e. The number of rotatable bonds is 7. The van der Waals surface area contributed by atoms with E-state index in [1.54, 1.807) is 12.1 Å². The predicted molar refractivity (Wildman–Crippen MR) is 146 cm³/mol. The van der Waals surface area contributed by atoms with Crippen molar-refractivity contribution >= 4 is 21.8 Å². The first kappa shape index (κ1) is 28.4. The summed E-state index contributed by atoms with van der Waals surface area (Å²) in [4.78, 5) is 28.2. The Hall–Kier alpha value is -3.60. The molecule has 0 aliphatic carbocycles. The molecule has 1 saturated heterocycles. The molecule has 1 fully saturated rings. The van der Waals surface area contributed by atoms with Gasteiger partial charge in [-0.2, -0.15) is 4.31 Å². The number of nitrogens with zero attached hydrogens (tertiary/aromatic N) is 2. The Labute approximate surface area is 228 Å². The van der Waals surface area contributed by atoms with Crippen molar-refractivity contribution in [1.29, 1.82) is 0 Å². The first-order valence-electron chi connectivity index (χ1n) is 12.7. The number of halogens is 1. The molecule has 1 aliphatic heterocycles. The van der Waals surface area contributed by atoms with Crippen molar-refractivity contribution in [2.75, 3.05) is 13.1 Å². The van der Waals surface area contributed by atoms with Crippen molar-refractivity contribution in [3.63, 3.8) is 0 Å². The Morgan fingerprint density at radius 1 is 0.974 bits per heavy atom. The minimum atomic E-state index is -4.22. The van der Waals surface area contributed by atoms with Crippen molar-refractivity contribution < 1.29 is 22.4 Å². The summed E-state index contributed by atoms with van der Waals surface area (Å²) in [6.07, 6.45) is -1.42. The topological polar surface area (TPSA) is 113 Å². The van der Waals surface area contributed by atoms with Gasteiger partial charge in [0.1, 0.15) is 5.82 Å². The van der Waals surface area contributed by atoms with Crippen LogP contribution >= 0.6 is 0 Å². The van der Waals surface area contributed by atoms with Crippen molar-refractivity contribution in [3.05, 3.63) is 101 Å². The molecular formula is C29H33FN4O4S. The molecule has 206 valence electrons. The number of carbonyl (C=O) groups excluding carboxylic acids is 2. The van der Waals surface area contributed by atoms with Gasteiger partial charge in [0.25, 0.3) is 11.8 Å². The molecule has 1 atom stereocenters. The molecule has 39 heavy (non-hydrogen) atoms. The average molecular weight is 553 g/mol. The van der Waals surface area contributed by atoms with Gasteiger partial charge in [0.15, 0.2) is 6.17 Å². The van der Waals surface area contributed by atoms with E-state index in [0.29, 0.717) is 12.1 Å². The van der Waals surface area contributed by atoms with E-state index in [1.165, 1.54) is 4.90 Å². The minimum absolute atomic E-state index is 0.0149. The maximum atomic E-state index is 13.6. The highest BCUT2D eigenvalue weighted by molar-refractivity contribution is 7.89. The number of benzene rings is 3. The van der Waals surface area contributed by atoms with Gasteiger partial charge in [-0.1, -0.05) is 57.2 Å². The highest BCUT2D eigenvalue weighted by atomic mass is 32.2. The zero-order valence-electron chi connectivity index (χ0n) is 22.2. The van der Waals surface area contributed by atoms with E-state index in [0.717, 1.165) is 45.3 Å². The Bertz CT molecular complexity index is 1450. The largest absolute Gasteiger partial charge is 0.349 e. The number of sulfonamides is 1. The first-order chi connectivity index (χ1) is 18.4. The number of amides is 2. The molecule has 2 amide bonds. The van der Waals surface area contributed by atoms with E-state index >= 15 is 0 Å².